The highest BCUT2D eigenvalue weighted by Gasteiger charge is 2.24. The zero-order chi connectivity index (χ0) is 20.7. The van der Waals surface area contributed by atoms with Gasteiger partial charge in [0.15, 0.2) is 5.16 Å². The van der Waals surface area contributed by atoms with Crippen molar-refractivity contribution in [1.29, 1.82) is 0 Å². The lowest BCUT2D eigenvalue weighted by atomic mass is 10.2. The molecule has 8 heteroatoms. The number of anilines is 2. The van der Waals surface area contributed by atoms with Gasteiger partial charge in [0, 0.05) is 37.4 Å². The van der Waals surface area contributed by atoms with E-state index in [4.69, 9.17) is 4.98 Å². The number of aromatic nitrogens is 2. The number of fused-ring (bicyclic) bond motifs is 3. The molecular weight excluding hydrogens is 404 g/mol. The highest BCUT2D eigenvalue weighted by Crippen LogP contribution is 2.35. The molecule has 0 saturated heterocycles. The van der Waals surface area contributed by atoms with Gasteiger partial charge >= 0.3 is 0 Å². The number of benzene rings is 1. The average Bonchev–Trinajstić information content (AvgIpc) is 3.27. The zero-order valence-corrected chi connectivity index (χ0v) is 18.6. The van der Waals surface area contributed by atoms with Crippen molar-refractivity contribution in [3.05, 3.63) is 45.1 Å². The Bertz CT molecular complexity index is 1130. The Hall–Kier alpha value is -2.32. The molecule has 2 aromatic heterocycles. The van der Waals surface area contributed by atoms with E-state index in [1.807, 2.05) is 50.2 Å². The first-order valence-corrected chi connectivity index (χ1v) is 11.3. The molecule has 1 aliphatic carbocycles. The Morgan fingerprint density at radius 3 is 2.69 bits per heavy atom. The van der Waals surface area contributed by atoms with Gasteiger partial charge in [0.2, 0.25) is 5.91 Å². The topological polar surface area (TPSA) is 67.2 Å². The van der Waals surface area contributed by atoms with E-state index in [2.05, 4.69) is 5.32 Å². The Balaban J connectivity index is 1.52. The number of carbonyl (C=O) groups excluding carboxylic acids is 1. The van der Waals surface area contributed by atoms with E-state index in [1.165, 1.54) is 22.2 Å². The predicted molar refractivity (Wildman–Crippen MR) is 122 cm³/mol. The first-order valence-electron chi connectivity index (χ1n) is 9.61. The largest absolute Gasteiger partial charge is 0.378 e. The standard InChI is InChI=1S/C21H24N4O2S2/c1-12(18(26)22-13-8-10-14(11-9-13)24(2)3)28-21-23-19-17(20(27)25(21)4)15-6-5-7-16(15)29-19/h8-12H,5-7H2,1-4H3,(H,22,26). The molecule has 1 amide bonds. The molecule has 1 aromatic carbocycles. The van der Waals surface area contributed by atoms with Gasteiger partial charge in [0.05, 0.1) is 10.6 Å². The van der Waals surface area contributed by atoms with Gasteiger partial charge in [0.1, 0.15) is 4.83 Å². The maximum absolute atomic E-state index is 12.9. The minimum absolute atomic E-state index is 0.0104. The third-order valence-corrected chi connectivity index (χ3v) is 7.54. The van der Waals surface area contributed by atoms with Crippen LogP contribution in [0.1, 0.15) is 23.8 Å². The van der Waals surface area contributed by atoms with Gasteiger partial charge in [-0.25, -0.2) is 4.98 Å². The minimum Gasteiger partial charge on any atom is -0.378 e. The molecule has 0 aliphatic heterocycles. The molecule has 0 saturated carbocycles. The van der Waals surface area contributed by atoms with Crippen LogP contribution in [0.4, 0.5) is 11.4 Å². The van der Waals surface area contributed by atoms with Crippen molar-refractivity contribution in [3.8, 4) is 0 Å². The van der Waals surface area contributed by atoms with Crippen molar-refractivity contribution in [2.75, 3.05) is 24.3 Å². The maximum Gasteiger partial charge on any atom is 0.262 e. The molecule has 29 heavy (non-hydrogen) atoms. The highest BCUT2D eigenvalue weighted by atomic mass is 32.2. The van der Waals surface area contributed by atoms with Crippen LogP contribution in [-0.2, 0) is 24.7 Å². The summed E-state index contributed by atoms with van der Waals surface area (Å²) in [6.45, 7) is 1.83. The first kappa shape index (κ1) is 20.0. The fourth-order valence-electron chi connectivity index (χ4n) is 3.51. The van der Waals surface area contributed by atoms with Crippen LogP contribution in [0.2, 0.25) is 0 Å². The summed E-state index contributed by atoms with van der Waals surface area (Å²) in [7, 11) is 5.69. The number of aryl methyl sites for hydroxylation is 2. The lowest BCUT2D eigenvalue weighted by Gasteiger charge is -2.15. The van der Waals surface area contributed by atoms with Crippen LogP contribution in [0.5, 0.6) is 0 Å². The van der Waals surface area contributed by atoms with Crippen LogP contribution in [-0.4, -0.2) is 34.8 Å². The van der Waals surface area contributed by atoms with Crippen LogP contribution in [0.25, 0.3) is 10.2 Å². The summed E-state index contributed by atoms with van der Waals surface area (Å²) in [4.78, 5) is 34.4. The predicted octanol–water partition coefficient (Wildman–Crippen LogP) is 3.67. The summed E-state index contributed by atoms with van der Waals surface area (Å²) in [6, 6.07) is 7.70. The van der Waals surface area contributed by atoms with E-state index in [9.17, 15) is 9.59 Å². The zero-order valence-electron chi connectivity index (χ0n) is 17.0. The van der Waals surface area contributed by atoms with E-state index >= 15 is 0 Å². The molecule has 1 unspecified atom stereocenters. The molecule has 152 valence electrons. The second-order valence-electron chi connectivity index (χ2n) is 7.49. The number of hydrogen-bond donors (Lipinski definition) is 1. The monoisotopic (exact) mass is 428 g/mol. The number of rotatable bonds is 5. The molecule has 0 bridgehead atoms. The fraction of sp³-hybridized carbons (Fsp3) is 0.381. The number of hydrogen-bond acceptors (Lipinski definition) is 6. The van der Waals surface area contributed by atoms with Gasteiger partial charge in [-0.05, 0) is 56.0 Å². The lowest BCUT2D eigenvalue weighted by molar-refractivity contribution is -0.115. The number of thioether (sulfide) groups is 1. The Morgan fingerprint density at radius 1 is 1.28 bits per heavy atom. The third-order valence-electron chi connectivity index (χ3n) is 5.21. The van der Waals surface area contributed by atoms with Crippen LogP contribution in [0.3, 0.4) is 0 Å². The molecular formula is C21H24N4O2S2. The average molecular weight is 429 g/mol. The minimum atomic E-state index is -0.383. The molecule has 0 fully saturated rings. The van der Waals surface area contributed by atoms with Gasteiger partial charge in [-0.3, -0.25) is 14.2 Å². The molecule has 1 aliphatic rings. The second kappa shape index (κ2) is 7.84. The van der Waals surface area contributed by atoms with Crippen molar-refractivity contribution < 1.29 is 4.79 Å². The van der Waals surface area contributed by atoms with E-state index < -0.39 is 0 Å². The molecule has 4 rings (SSSR count). The summed E-state index contributed by atoms with van der Waals surface area (Å²) in [5.41, 5.74) is 2.99. The van der Waals surface area contributed by atoms with Crippen LogP contribution >= 0.6 is 23.1 Å². The van der Waals surface area contributed by atoms with Crippen molar-refractivity contribution in [2.24, 2.45) is 7.05 Å². The number of nitrogens with zero attached hydrogens (tertiary/aromatic N) is 3. The smallest absolute Gasteiger partial charge is 0.262 e. The Labute approximate surface area is 177 Å². The molecule has 0 radical (unpaired) electrons. The number of thiophene rings is 1. The number of nitrogens with one attached hydrogen (secondary N) is 1. The summed E-state index contributed by atoms with van der Waals surface area (Å²) >= 11 is 2.94. The molecule has 1 atom stereocenters. The second-order valence-corrected chi connectivity index (χ2v) is 9.88. The van der Waals surface area contributed by atoms with Crippen LogP contribution < -0.4 is 15.8 Å². The van der Waals surface area contributed by atoms with Crippen molar-refractivity contribution >= 4 is 50.6 Å². The molecule has 1 N–H and O–H groups in total. The normalized spacial score (nSPS) is 14.1. The fourth-order valence-corrected chi connectivity index (χ4v) is 5.69. The SMILES string of the molecule is CC(Sc1nc2sc3c(c2c(=O)n1C)CCC3)C(=O)Nc1ccc(N(C)C)cc1. The van der Waals surface area contributed by atoms with Gasteiger partial charge < -0.3 is 10.2 Å². The summed E-state index contributed by atoms with van der Waals surface area (Å²) in [5.74, 6) is -0.115. The third kappa shape index (κ3) is 3.79. The van der Waals surface area contributed by atoms with E-state index in [0.29, 0.717) is 5.16 Å². The highest BCUT2D eigenvalue weighted by molar-refractivity contribution is 8.00. The van der Waals surface area contributed by atoms with E-state index in [-0.39, 0.29) is 16.7 Å². The molecule has 3 aromatic rings. The van der Waals surface area contributed by atoms with Crippen molar-refractivity contribution in [2.45, 2.75) is 36.6 Å². The molecule has 0 spiro atoms. The number of carbonyl (C=O) groups is 1. The van der Waals surface area contributed by atoms with Crippen LogP contribution in [0, 0.1) is 0 Å². The van der Waals surface area contributed by atoms with Gasteiger partial charge in [-0.2, -0.15) is 0 Å². The van der Waals surface area contributed by atoms with E-state index in [1.54, 1.807) is 23.0 Å². The maximum atomic E-state index is 12.9. The van der Waals surface area contributed by atoms with Gasteiger partial charge in [-0.1, -0.05) is 11.8 Å². The molecule has 6 nitrogen and oxygen atoms in total. The van der Waals surface area contributed by atoms with Gasteiger partial charge in [-0.15, -0.1) is 11.3 Å². The van der Waals surface area contributed by atoms with Crippen molar-refractivity contribution in [1.82, 2.24) is 9.55 Å². The van der Waals surface area contributed by atoms with Crippen LogP contribution in [0.15, 0.2) is 34.2 Å². The van der Waals surface area contributed by atoms with Gasteiger partial charge in [0.25, 0.3) is 5.56 Å². The lowest BCUT2D eigenvalue weighted by Crippen LogP contribution is -2.25. The summed E-state index contributed by atoms with van der Waals surface area (Å²) in [6.07, 6.45) is 3.11. The molecule has 2 heterocycles. The summed E-state index contributed by atoms with van der Waals surface area (Å²) in [5, 5.41) is 3.90. The Kier molecular flexibility index (Phi) is 5.40. The first-order chi connectivity index (χ1) is 13.8. The van der Waals surface area contributed by atoms with E-state index in [0.717, 1.165) is 40.9 Å². The van der Waals surface area contributed by atoms with Crippen molar-refractivity contribution in [3.63, 3.8) is 0 Å². The summed E-state index contributed by atoms with van der Waals surface area (Å²) < 4.78 is 1.58. The quantitative estimate of drug-likeness (QED) is 0.496. The number of amides is 1. The Morgan fingerprint density at radius 2 is 2.00 bits per heavy atom.